The second-order valence-corrected chi connectivity index (χ2v) is 8.23. The molecule has 0 unspecified atom stereocenters. The number of hydrogen-bond acceptors (Lipinski definition) is 4. The van der Waals surface area contributed by atoms with E-state index in [2.05, 4.69) is 71.0 Å². The molecule has 4 rings (SSSR count). The van der Waals surface area contributed by atoms with E-state index >= 15 is 0 Å². The van der Waals surface area contributed by atoms with Gasteiger partial charge in [-0.15, -0.1) is 0 Å². The summed E-state index contributed by atoms with van der Waals surface area (Å²) in [4.78, 5) is 15.0. The van der Waals surface area contributed by atoms with E-state index in [1.165, 1.54) is 11.1 Å². The van der Waals surface area contributed by atoms with E-state index in [0.717, 1.165) is 43.2 Å². The van der Waals surface area contributed by atoms with Crippen molar-refractivity contribution in [3.8, 4) is 11.1 Å². The largest absolute Gasteiger partial charge is 0.378 e. The first-order chi connectivity index (χ1) is 15.6. The lowest BCUT2D eigenvalue weighted by Gasteiger charge is -2.29. The summed E-state index contributed by atoms with van der Waals surface area (Å²) in [6.07, 6.45) is 0. The second-order valence-electron chi connectivity index (χ2n) is 8.23. The molecule has 1 amide bonds. The van der Waals surface area contributed by atoms with Gasteiger partial charge in [-0.2, -0.15) is 0 Å². The maximum Gasteiger partial charge on any atom is 0.241 e. The molecular formula is C27H31N3O2. The predicted molar refractivity (Wildman–Crippen MR) is 131 cm³/mol. The summed E-state index contributed by atoms with van der Waals surface area (Å²) in [5, 5.41) is 6.42. The lowest BCUT2D eigenvalue weighted by molar-refractivity contribution is -0.117. The Morgan fingerprint density at radius 2 is 1.47 bits per heavy atom. The maximum atomic E-state index is 12.7. The zero-order valence-electron chi connectivity index (χ0n) is 18.8. The third kappa shape index (κ3) is 5.55. The van der Waals surface area contributed by atoms with Crippen LogP contribution in [0.3, 0.4) is 0 Å². The zero-order chi connectivity index (χ0) is 22.3. The van der Waals surface area contributed by atoms with Crippen molar-refractivity contribution in [2.45, 2.75) is 25.9 Å². The smallest absolute Gasteiger partial charge is 0.241 e. The number of morpholine rings is 1. The van der Waals surface area contributed by atoms with Crippen LogP contribution in [0.25, 0.3) is 11.1 Å². The molecule has 32 heavy (non-hydrogen) atoms. The van der Waals surface area contributed by atoms with Crippen LogP contribution >= 0.6 is 0 Å². The Morgan fingerprint density at radius 1 is 0.844 bits per heavy atom. The molecule has 5 nitrogen and oxygen atoms in total. The summed E-state index contributed by atoms with van der Waals surface area (Å²) in [5.41, 5.74) is 5.50. The molecule has 0 spiro atoms. The van der Waals surface area contributed by atoms with Gasteiger partial charge in [-0.3, -0.25) is 10.1 Å². The highest BCUT2D eigenvalue weighted by atomic mass is 16.5. The van der Waals surface area contributed by atoms with Crippen LogP contribution in [0.4, 0.5) is 11.4 Å². The van der Waals surface area contributed by atoms with Crippen molar-refractivity contribution in [1.82, 2.24) is 5.32 Å². The van der Waals surface area contributed by atoms with Gasteiger partial charge in [0.15, 0.2) is 0 Å². The molecular weight excluding hydrogens is 398 g/mol. The standard InChI is InChI=1S/C27H31N3O2/c1-20(22-8-10-24(11-9-22)23-6-4-3-5-7-23)28-21(2)27(31)29-25-12-14-26(15-13-25)30-16-18-32-19-17-30/h3-15,20-21,28H,16-19H2,1-2H3,(H,29,31)/t20-,21-/m0/s1. The van der Waals surface area contributed by atoms with Gasteiger partial charge in [0.05, 0.1) is 19.3 Å². The van der Waals surface area contributed by atoms with Crippen LogP contribution in [-0.4, -0.2) is 38.3 Å². The van der Waals surface area contributed by atoms with Crippen molar-refractivity contribution in [3.05, 3.63) is 84.4 Å². The van der Waals surface area contributed by atoms with Gasteiger partial charge in [-0.1, -0.05) is 54.6 Å². The second kappa shape index (κ2) is 10.4. The highest BCUT2D eigenvalue weighted by Gasteiger charge is 2.17. The molecule has 2 atom stereocenters. The fourth-order valence-corrected chi connectivity index (χ4v) is 3.97. The fourth-order valence-electron chi connectivity index (χ4n) is 3.97. The summed E-state index contributed by atoms with van der Waals surface area (Å²) < 4.78 is 5.41. The SMILES string of the molecule is C[C@H](N[C@@H](C)c1ccc(-c2ccccc2)cc1)C(=O)Nc1ccc(N2CCOCC2)cc1. The number of hydrogen-bond donors (Lipinski definition) is 2. The van der Waals surface area contributed by atoms with Crippen LogP contribution in [0.1, 0.15) is 25.5 Å². The highest BCUT2D eigenvalue weighted by Crippen LogP contribution is 2.22. The molecule has 0 radical (unpaired) electrons. The molecule has 3 aromatic rings. The minimum atomic E-state index is -0.322. The first kappa shape index (κ1) is 22.1. The zero-order valence-corrected chi connectivity index (χ0v) is 18.8. The number of amides is 1. The lowest BCUT2D eigenvalue weighted by Crippen LogP contribution is -2.39. The minimum Gasteiger partial charge on any atom is -0.378 e. The van der Waals surface area contributed by atoms with E-state index in [1.54, 1.807) is 0 Å². The van der Waals surface area contributed by atoms with Crippen molar-refractivity contribution in [3.63, 3.8) is 0 Å². The normalized spacial score (nSPS) is 15.8. The van der Waals surface area contributed by atoms with Gasteiger partial charge in [0, 0.05) is 30.5 Å². The number of carbonyl (C=O) groups excluding carboxylic acids is 1. The van der Waals surface area contributed by atoms with Gasteiger partial charge in [0.2, 0.25) is 5.91 Å². The molecule has 2 N–H and O–H groups in total. The molecule has 1 aliphatic rings. The van der Waals surface area contributed by atoms with Crippen molar-refractivity contribution < 1.29 is 9.53 Å². The number of anilines is 2. The predicted octanol–water partition coefficient (Wildman–Crippen LogP) is 4.87. The van der Waals surface area contributed by atoms with Crippen molar-refractivity contribution in [2.75, 3.05) is 36.5 Å². The van der Waals surface area contributed by atoms with Gasteiger partial charge in [-0.25, -0.2) is 0 Å². The number of ether oxygens (including phenoxy) is 1. The third-order valence-electron chi connectivity index (χ3n) is 5.92. The molecule has 0 bridgehead atoms. The molecule has 1 aliphatic heterocycles. The molecule has 0 saturated carbocycles. The van der Waals surface area contributed by atoms with Gasteiger partial charge in [-0.05, 0) is 54.8 Å². The van der Waals surface area contributed by atoms with Crippen LogP contribution in [-0.2, 0) is 9.53 Å². The fraction of sp³-hybridized carbons (Fsp3) is 0.296. The molecule has 1 heterocycles. The van der Waals surface area contributed by atoms with E-state index in [4.69, 9.17) is 4.74 Å². The Morgan fingerprint density at radius 3 is 2.12 bits per heavy atom. The van der Waals surface area contributed by atoms with Crippen LogP contribution in [0.15, 0.2) is 78.9 Å². The monoisotopic (exact) mass is 429 g/mol. The van der Waals surface area contributed by atoms with Crippen molar-refractivity contribution in [2.24, 2.45) is 0 Å². The Balaban J connectivity index is 1.31. The molecule has 0 aliphatic carbocycles. The number of benzene rings is 3. The lowest BCUT2D eigenvalue weighted by atomic mass is 10.0. The van der Waals surface area contributed by atoms with Crippen LogP contribution in [0.2, 0.25) is 0 Å². The number of nitrogens with zero attached hydrogens (tertiary/aromatic N) is 1. The van der Waals surface area contributed by atoms with Gasteiger partial charge < -0.3 is 15.0 Å². The van der Waals surface area contributed by atoms with E-state index in [-0.39, 0.29) is 18.0 Å². The molecule has 166 valence electrons. The quantitative estimate of drug-likeness (QED) is 0.563. The van der Waals surface area contributed by atoms with E-state index in [0.29, 0.717) is 0 Å². The van der Waals surface area contributed by atoms with Crippen LogP contribution < -0.4 is 15.5 Å². The van der Waals surface area contributed by atoms with E-state index in [1.807, 2.05) is 37.3 Å². The van der Waals surface area contributed by atoms with Gasteiger partial charge >= 0.3 is 0 Å². The Labute approximate surface area is 190 Å². The Hall–Kier alpha value is -3.15. The topological polar surface area (TPSA) is 53.6 Å². The summed E-state index contributed by atoms with van der Waals surface area (Å²) >= 11 is 0. The summed E-state index contributed by atoms with van der Waals surface area (Å²) in [6, 6.07) is 26.6. The maximum absolute atomic E-state index is 12.7. The first-order valence-electron chi connectivity index (χ1n) is 11.3. The van der Waals surface area contributed by atoms with Crippen molar-refractivity contribution in [1.29, 1.82) is 0 Å². The average molecular weight is 430 g/mol. The number of carbonyl (C=O) groups is 1. The van der Waals surface area contributed by atoms with Gasteiger partial charge in [0.1, 0.15) is 0 Å². The van der Waals surface area contributed by atoms with Crippen LogP contribution in [0.5, 0.6) is 0 Å². The van der Waals surface area contributed by atoms with Gasteiger partial charge in [0.25, 0.3) is 0 Å². The number of nitrogens with one attached hydrogen (secondary N) is 2. The average Bonchev–Trinajstić information content (AvgIpc) is 2.85. The first-order valence-corrected chi connectivity index (χ1v) is 11.3. The van der Waals surface area contributed by atoms with Crippen molar-refractivity contribution >= 4 is 17.3 Å². The Kier molecular flexibility index (Phi) is 7.20. The summed E-state index contributed by atoms with van der Waals surface area (Å²) in [5.74, 6) is -0.0446. The molecule has 0 aromatic heterocycles. The molecule has 1 fully saturated rings. The summed E-state index contributed by atoms with van der Waals surface area (Å²) in [7, 11) is 0. The third-order valence-corrected chi connectivity index (χ3v) is 5.92. The molecule has 5 heteroatoms. The molecule has 1 saturated heterocycles. The minimum absolute atomic E-state index is 0.0446. The summed E-state index contributed by atoms with van der Waals surface area (Å²) in [6.45, 7) is 7.29. The highest BCUT2D eigenvalue weighted by molar-refractivity contribution is 5.94. The van der Waals surface area contributed by atoms with Crippen LogP contribution in [0, 0.1) is 0 Å². The van der Waals surface area contributed by atoms with E-state index in [9.17, 15) is 4.79 Å². The van der Waals surface area contributed by atoms with E-state index < -0.39 is 0 Å². The Bertz CT molecular complexity index is 997. The molecule has 3 aromatic carbocycles. The number of rotatable bonds is 7.